The van der Waals surface area contributed by atoms with Gasteiger partial charge < -0.3 is 20.1 Å². The van der Waals surface area contributed by atoms with E-state index in [1.54, 1.807) is 0 Å². The standard InChI is InChI=1S/C14H26N2O3/c1-3-13(2)11-16(9-10-19-13)12(17)15-8-7-14(18)5-4-6-14/h18H,3-11H2,1-2H3,(H,15,17). The van der Waals surface area contributed by atoms with E-state index in [2.05, 4.69) is 12.2 Å². The van der Waals surface area contributed by atoms with Gasteiger partial charge in [0.1, 0.15) is 0 Å². The maximum absolute atomic E-state index is 12.1. The number of hydrogen-bond donors (Lipinski definition) is 2. The minimum Gasteiger partial charge on any atom is -0.390 e. The molecule has 0 spiro atoms. The van der Waals surface area contributed by atoms with E-state index in [1.807, 2.05) is 11.8 Å². The first-order valence-electron chi connectivity index (χ1n) is 7.36. The molecule has 0 aromatic carbocycles. The van der Waals surface area contributed by atoms with Gasteiger partial charge in [0.2, 0.25) is 0 Å². The summed E-state index contributed by atoms with van der Waals surface area (Å²) in [4.78, 5) is 13.9. The van der Waals surface area contributed by atoms with Gasteiger partial charge in [-0.05, 0) is 39.0 Å². The minimum absolute atomic E-state index is 0.0362. The first-order valence-corrected chi connectivity index (χ1v) is 7.36. The van der Waals surface area contributed by atoms with Crippen molar-refractivity contribution in [2.45, 2.75) is 57.2 Å². The summed E-state index contributed by atoms with van der Waals surface area (Å²) in [6.07, 6.45) is 4.40. The van der Waals surface area contributed by atoms with Crippen LogP contribution < -0.4 is 5.32 Å². The van der Waals surface area contributed by atoms with Gasteiger partial charge in [-0.15, -0.1) is 0 Å². The van der Waals surface area contributed by atoms with Crippen molar-refractivity contribution >= 4 is 6.03 Å². The zero-order valence-corrected chi connectivity index (χ0v) is 12.1. The van der Waals surface area contributed by atoms with Crippen LogP contribution in [0.1, 0.15) is 46.0 Å². The molecule has 2 aliphatic rings. The quantitative estimate of drug-likeness (QED) is 0.814. The van der Waals surface area contributed by atoms with Crippen molar-refractivity contribution in [1.82, 2.24) is 10.2 Å². The maximum atomic E-state index is 12.1. The van der Waals surface area contributed by atoms with E-state index in [1.165, 1.54) is 0 Å². The van der Waals surface area contributed by atoms with Crippen LogP contribution in [0.2, 0.25) is 0 Å². The summed E-state index contributed by atoms with van der Waals surface area (Å²) >= 11 is 0. The van der Waals surface area contributed by atoms with E-state index in [0.717, 1.165) is 25.7 Å². The highest BCUT2D eigenvalue weighted by Crippen LogP contribution is 2.34. The van der Waals surface area contributed by atoms with Gasteiger partial charge in [-0.1, -0.05) is 6.92 Å². The van der Waals surface area contributed by atoms with Gasteiger partial charge in [-0.2, -0.15) is 0 Å². The second-order valence-corrected chi connectivity index (χ2v) is 6.13. The van der Waals surface area contributed by atoms with Gasteiger partial charge in [0.15, 0.2) is 0 Å². The molecule has 2 N–H and O–H groups in total. The number of ether oxygens (including phenoxy) is 1. The number of morpholine rings is 1. The Bertz CT molecular complexity index is 331. The SMILES string of the molecule is CCC1(C)CN(C(=O)NCCC2(O)CCC2)CCO1. The van der Waals surface area contributed by atoms with Crippen LogP contribution in [0.4, 0.5) is 4.79 Å². The molecular weight excluding hydrogens is 244 g/mol. The summed E-state index contributed by atoms with van der Waals surface area (Å²) in [6, 6.07) is -0.0362. The Hall–Kier alpha value is -0.810. The van der Waals surface area contributed by atoms with E-state index in [4.69, 9.17) is 4.74 Å². The number of urea groups is 1. The zero-order chi connectivity index (χ0) is 13.9. The Labute approximate surface area is 115 Å². The number of amides is 2. The number of nitrogens with one attached hydrogen (secondary N) is 1. The molecule has 1 aliphatic heterocycles. The Morgan fingerprint density at radius 3 is 2.79 bits per heavy atom. The smallest absolute Gasteiger partial charge is 0.317 e. The molecule has 1 unspecified atom stereocenters. The van der Waals surface area contributed by atoms with E-state index in [-0.39, 0.29) is 11.6 Å². The highest BCUT2D eigenvalue weighted by molar-refractivity contribution is 5.74. The molecule has 2 fully saturated rings. The molecule has 0 radical (unpaired) electrons. The molecule has 1 atom stereocenters. The van der Waals surface area contributed by atoms with Crippen LogP contribution in [0, 0.1) is 0 Å². The summed E-state index contributed by atoms with van der Waals surface area (Å²) in [5, 5.41) is 12.9. The van der Waals surface area contributed by atoms with E-state index in [0.29, 0.717) is 32.7 Å². The largest absolute Gasteiger partial charge is 0.390 e. The first kappa shape index (κ1) is 14.6. The van der Waals surface area contributed by atoms with Gasteiger partial charge in [0.25, 0.3) is 0 Å². The van der Waals surface area contributed by atoms with Crippen molar-refractivity contribution in [2.24, 2.45) is 0 Å². The lowest BCUT2D eigenvalue weighted by Crippen LogP contribution is -2.55. The monoisotopic (exact) mass is 270 g/mol. The summed E-state index contributed by atoms with van der Waals surface area (Å²) < 4.78 is 5.72. The van der Waals surface area contributed by atoms with E-state index in [9.17, 15) is 9.90 Å². The predicted octanol–water partition coefficient (Wildman–Crippen LogP) is 1.50. The second-order valence-electron chi connectivity index (χ2n) is 6.13. The van der Waals surface area contributed by atoms with Crippen molar-refractivity contribution in [1.29, 1.82) is 0 Å². The Morgan fingerprint density at radius 2 is 2.21 bits per heavy atom. The molecule has 2 amide bonds. The average Bonchev–Trinajstić information content (AvgIpc) is 2.36. The number of nitrogens with zero attached hydrogens (tertiary/aromatic N) is 1. The molecule has 1 aliphatic carbocycles. The fraction of sp³-hybridized carbons (Fsp3) is 0.929. The fourth-order valence-electron chi connectivity index (χ4n) is 2.67. The van der Waals surface area contributed by atoms with Crippen LogP contribution in [0.3, 0.4) is 0 Å². The normalized spacial score (nSPS) is 29.7. The van der Waals surface area contributed by atoms with Crippen molar-refractivity contribution in [2.75, 3.05) is 26.2 Å². The topological polar surface area (TPSA) is 61.8 Å². The predicted molar refractivity (Wildman–Crippen MR) is 73.0 cm³/mol. The highest BCUT2D eigenvalue weighted by Gasteiger charge is 2.35. The van der Waals surface area contributed by atoms with Crippen molar-refractivity contribution in [3.8, 4) is 0 Å². The zero-order valence-electron chi connectivity index (χ0n) is 12.1. The Morgan fingerprint density at radius 1 is 1.47 bits per heavy atom. The molecule has 5 heteroatoms. The van der Waals surface area contributed by atoms with Crippen LogP contribution in [0.15, 0.2) is 0 Å². The lowest BCUT2D eigenvalue weighted by atomic mass is 9.78. The average molecular weight is 270 g/mol. The van der Waals surface area contributed by atoms with Crippen LogP contribution in [-0.4, -0.2) is 53.5 Å². The second kappa shape index (κ2) is 5.67. The first-order chi connectivity index (χ1) is 8.96. The molecule has 0 aromatic heterocycles. The summed E-state index contributed by atoms with van der Waals surface area (Å²) in [6.45, 7) is 6.56. The van der Waals surface area contributed by atoms with Crippen LogP contribution >= 0.6 is 0 Å². The molecule has 0 bridgehead atoms. The summed E-state index contributed by atoms with van der Waals surface area (Å²) in [7, 11) is 0. The number of hydrogen-bond acceptors (Lipinski definition) is 3. The molecule has 1 saturated heterocycles. The number of aliphatic hydroxyl groups is 1. The fourth-order valence-corrected chi connectivity index (χ4v) is 2.67. The van der Waals surface area contributed by atoms with Crippen molar-refractivity contribution in [3.63, 3.8) is 0 Å². The maximum Gasteiger partial charge on any atom is 0.317 e. The van der Waals surface area contributed by atoms with E-state index >= 15 is 0 Å². The van der Waals surface area contributed by atoms with Crippen LogP contribution in [0.5, 0.6) is 0 Å². The van der Waals surface area contributed by atoms with Crippen LogP contribution in [0.25, 0.3) is 0 Å². The van der Waals surface area contributed by atoms with Gasteiger partial charge >= 0.3 is 6.03 Å². The molecular formula is C14H26N2O3. The summed E-state index contributed by atoms with van der Waals surface area (Å²) in [5.74, 6) is 0. The Balaban J connectivity index is 1.73. The number of carbonyl (C=O) groups excluding carboxylic acids is 1. The van der Waals surface area contributed by atoms with Gasteiger partial charge in [0.05, 0.1) is 24.4 Å². The van der Waals surface area contributed by atoms with Gasteiger partial charge in [-0.25, -0.2) is 4.79 Å². The third-order valence-corrected chi connectivity index (χ3v) is 4.52. The van der Waals surface area contributed by atoms with Gasteiger partial charge in [0, 0.05) is 13.1 Å². The van der Waals surface area contributed by atoms with Crippen LogP contribution in [-0.2, 0) is 4.74 Å². The molecule has 1 heterocycles. The molecule has 1 saturated carbocycles. The van der Waals surface area contributed by atoms with Gasteiger partial charge in [-0.3, -0.25) is 0 Å². The molecule has 5 nitrogen and oxygen atoms in total. The van der Waals surface area contributed by atoms with E-state index < -0.39 is 5.60 Å². The lowest BCUT2D eigenvalue weighted by molar-refractivity contribution is -0.0875. The summed E-state index contributed by atoms with van der Waals surface area (Å²) in [5.41, 5.74) is -0.738. The molecule has 0 aromatic rings. The number of rotatable bonds is 4. The third kappa shape index (κ3) is 3.60. The third-order valence-electron chi connectivity index (χ3n) is 4.52. The molecule has 2 rings (SSSR count). The number of carbonyl (C=O) groups is 1. The highest BCUT2D eigenvalue weighted by atomic mass is 16.5. The van der Waals surface area contributed by atoms with Crippen molar-refractivity contribution in [3.05, 3.63) is 0 Å². The molecule has 19 heavy (non-hydrogen) atoms. The van der Waals surface area contributed by atoms with Crippen molar-refractivity contribution < 1.29 is 14.6 Å². The molecule has 110 valence electrons. The lowest BCUT2D eigenvalue weighted by Gasteiger charge is -2.40. The Kier molecular flexibility index (Phi) is 4.36. The minimum atomic E-state index is -0.518.